The molecule has 2 aliphatic heterocycles. The summed E-state index contributed by atoms with van der Waals surface area (Å²) in [6, 6.07) is 5.47. The van der Waals surface area contributed by atoms with Crippen LogP contribution in [0.25, 0.3) is 0 Å². The fourth-order valence-corrected chi connectivity index (χ4v) is 3.54. The van der Waals surface area contributed by atoms with Gasteiger partial charge in [0.25, 0.3) is 5.91 Å². The number of halogens is 1. The molecular weight excluding hydrogens is 388 g/mol. The minimum absolute atomic E-state index is 0.00109. The summed E-state index contributed by atoms with van der Waals surface area (Å²) in [7, 11) is 0. The Morgan fingerprint density at radius 3 is 3.08 bits per heavy atom. The summed E-state index contributed by atoms with van der Waals surface area (Å²) in [6.07, 6.45) is 4.38. The summed E-state index contributed by atoms with van der Waals surface area (Å²) >= 11 is 3.38. The van der Waals surface area contributed by atoms with Crippen LogP contribution in [0, 0.1) is 0 Å². The molecule has 1 aromatic rings. The van der Waals surface area contributed by atoms with Gasteiger partial charge in [-0.3, -0.25) is 14.5 Å². The molecule has 25 heavy (non-hydrogen) atoms. The predicted molar refractivity (Wildman–Crippen MR) is 97.8 cm³/mol. The smallest absolute Gasteiger partial charge is 0.265 e. The topological polar surface area (TPSA) is 67.9 Å². The summed E-state index contributed by atoms with van der Waals surface area (Å²) in [5.41, 5.74) is 0.626. The molecule has 2 unspecified atom stereocenters. The molecule has 0 aromatic heterocycles. The Labute approximate surface area is 156 Å². The van der Waals surface area contributed by atoms with Crippen molar-refractivity contribution in [1.82, 2.24) is 5.32 Å². The first-order valence-corrected chi connectivity index (χ1v) is 9.46. The molecule has 0 saturated carbocycles. The van der Waals surface area contributed by atoms with E-state index in [-0.39, 0.29) is 31.0 Å². The van der Waals surface area contributed by atoms with Crippen LogP contribution in [0.4, 0.5) is 5.69 Å². The lowest BCUT2D eigenvalue weighted by Crippen LogP contribution is -2.46. The second kappa shape index (κ2) is 8.19. The molecule has 7 heteroatoms. The van der Waals surface area contributed by atoms with Gasteiger partial charge in [0.05, 0.1) is 11.8 Å². The number of amides is 2. The van der Waals surface area contributed by atoms with E-state index in [0.29, 0.717) is 17.5 Å². The molecule has 1 aromatic carbocycles. The van der Waals surface area contributed by atoms with Gasteiger partial charge in [-0.2, -0.15) is 0 Å². The van der Waals surface area contributed by atoms with E-state index < -0.39 is 0 Å². The van der Waals surface area contributed by atoms with E-state index in [4.69, 9.17) is 9.47 Å². The predicted octanol–water partition coefficient (Wildman–Crippen LogP) is 2.64. The second-order valence-electron chi connectivity index (χ2n) is 6.56. The molecule has 0 aliphatic carbocycles. The molecule has 1 saturated heterocycles. The van der Waals surface area contributed by atoms with Crippen LogP contribution in [0.1, 0.15) is 32.6 Å². The summed E-state index contributed by atoms with van der Waals surface area (Å²) < 4.78 is 11.9. The number of anilines is 1. The molecule has 2 amide bonds. The zero-order chi connectivity index (χ0) is 17.8. The first kappa shape index (κ1) is 18.2. The first-order chi connectivity index (χ1) is 12.0. The molecule has 1 N–H and O–H groups in total. The number of benzene rings is 1. The maximum Gasteiger partial charge on any atom is 0.265 e. The maximum atomic E-state index is 12.4. The minimum atomic E-state index is -0.211. The van der Waals surface area contributed by atoms with E-state index >= 15 is 0 Å². The number of nitrogens with one attached hydrogen (secondary N) is 1. The number of rotatable bonds is 6. The summed E-state index contributed by atoms with van der Waals surface area (Å²) in [5, 5.41) is 2.98. The van der Waals surface area contributed by atoms with Gasteiger partial charge in [0.15, 0.2) is 6.61 Å². The van der Waals surface area contributed by atoms with Crippen LogP contribution < -0.4 is 15.0 Å². The van der Waals surface area contributed by atoms with Crippen molar-refractivity contribution >= 4 is 33.4 Å². The van der Waals surface area contributed by atoms with Crippen LogP contribution in [0.5, 0.6) is 5.75 Å². The second-order valence-corrected chi connectivity index (χ2v) is 7.48. The van der Waals surface area contributed by atoms with Crippen LogP contribution >= 0.6 is 15.9 Å². The Balaban J connectivity index is 1.54. The number of carbonyl (C=O) groups excluding carboxylic acids is 2. The van der Waals surface area contributed by atoms with E-state index in [1.165, 1.54) is 4.90 Å². The lowest BCUT2D eigenvalue weighted by Gasteiger charge is -2.29. The SMILES string of the molecule is CC(CCC1CCCO1)NC(=O)CN1C(=O)COc2cc(Br)ccc21. The van der Waals surface area contributed by atoms with Crippen LogP contribution in [0.2, 0.25) is 0 Å². The molecule has 0 spiro atoms. The zero-order valence-corrected chi connectivity index (χ0v) is 15.9. The van der Waals surface area contributed by atoms with E-state index in [0.717, 1.165) is 36.8 Å². The van der Waals surface area contributed by atoms with Gasteiger partial charge in [-0.05, 0) is 50.8 Å². The Hall–Kier alpha value is -1.60. The largest absolute Gasteiger partial charge is 0.482 e. The van der Waals surface area contributed by atoms with Crippen LogP contribution in [-0.2, 0) is 14.3 Å². The van der Waals surface area contributed by atoms with E-state index in [9.17, 15) is 9.59 Å². The Morgan fingerprint density at radius 1 is 1.48 bits per heavy atom. The Bertz CT molecular complexity index is 646. The van der Waals surface area contributed by atoms with Crippen molar-refractivity contribution in [2.24, 2.45) is 0 Å². The highest BCUT2D eigenvalue weighted by Gasteiger charge is 2.28. The highest BCUT2D eigenvalue weighted by Crippen LogP contribution is 2.34. The standard InChI is InChI=1S/C18H23BrN2O4/c1-12(4-6-14-3-2-8-24-14)20-17(22)10-21-15-7-5-13(19)9-16(15)25-11-18(21)23/h5,7,9,12,14H,2-4,6,8,10-11H2,1H3,(H,20,22). The number of hydrogen-bond donors (Lipinski definition) is 1. The van der Waals surface area contributed by atoms with Crippen LogP contribution in [0.15, 0.2) is 22.7 Å². The van der Waals surface area contributed by atoms with Crippen molar-refractivity contribution in [3.05, 3.63) is 22.7 Å². The lowest BCUT2D eigenvalue weighted by molar-refractivity contribution is -0.125. The van der Waals surface area contributed by atoms with Crippen molar-refractivity contribution in [3.63, 3.8) is 0 Å². The number of fused-ring (bicyclic) bond motifs is 1. The van der Waals surface area contributed by atoms with Gasteiger partial charge in [-0.25, -0.2) is 0 Å². The van der Waals surface area contributed by atoms with E-state index in [1.54, 1.807) is 12.1 Å². The molecule has 1 fully saturated rings. The average Bonchev–Trinajstić information content (AvgIpc) is 3.09. The molecule has 3 rings (SSSR count). The molecule has 2 heterocycles. The van der Waals surface area contributed by atoms with Gasteiger partial charge in [0.2, 0.25) is 5.91 Å². The minimum Gasteiger partial charge on any atom is -0.482 e. The molecule has 2 aliphatic rings. The van der Waals surface area contributed by atoms with E-state index in [2.05, 4.69) is 21.2 Å². The normalized spacial score (nSPS) is 20.8. The molecule has 0 bridgehead atoms. The summed E-state index contributed by atoms with van der Waals surface area (Å²) in [5.74, 6) is 0.231. The lowest BCUT2D eigenvalue weighted by atomic mass is 10.1. The third kappa shape index (κ3) is 4.73. The fraction of sp³-hybridized carbons (Fsp3) is 0.556. The van der Waals surface area contributed by atoms with Gasteiger partial charge < -0.3 is 14.8 Å². The third-order valence-electron chi connectivity index (χ3n) is 4.52. The van der Waals surface area contributed by atoms with Crippen molar-refractivity contribution in [2.45, 2.75) is 44.8 Å². The number of nitrogens with zero attached hydrogens (tertiary/aromatic N) is 1. The van der Waals surface area contributed by atoms with Crippen LogP contribution in [-0.4, -0.2) is 43.7 Å². The van der Waals surface area contributed by atoms with Gasteiger partial charge in [0, 0.05) is 17.1 Å². The summed E-state index contributed by atoms with van der Waals surface area (Å²) in [4.78, 5) is 26.0. The van der Waals surface area contributed by atoms with Gasteiger partial charge in [-0.15, -0.1) is 0 Å². The molecule has 2 atom stereocenters. The number of ether oxygens (including phenoxy) is 2. The van der Waals surface area contributed by atoms with Crippen molar-refractivity contribution in [2.75, 3.05) is 24.7 Å². The highest BCUT2D eigenvalue weighted by atomic mass is 79.9. The summed E-state index contributed by atoms with van der Waals surface area (Å²) in [6.45, 7) is 2.78. The molecule has 0 radical (unpaired) electrons. The van der Waals surface area contributed by atoms with Gasteiger partial charge in [-0.1, -0.05) is 15.9 Å². The third-order valence-corrected chi connectivity index (χ3v) is 5.01. The molecular formula is C18H23BrN2O4. The quantitative estimate of drug-likeness (QED) is 0.782. The zero-order valence-electron chi connectivity index (χ0n) is 14.3. The van der Waals surface area contributed by atoms with Crippen molar-refractivity contribution in [1.29, 1.82) is 0 Å². The number of hydrogen-bond acceptors (Lipinski definition) is 4. The van der Waals surface area contributed by atoms with Crippen LogP contribution in [0.3, 0.4) is 0 Å². The fourth-order valence-electron chi connectivity index (χ4n) is 3.20. The highest BCUT2D eigenvalue weighted by molar-refractivity contribution is 9.10. The van der Waals surface area contributed by atoms with Gasteiger partial charge >= 0.3 is 0 Å². The molecule has 6 nitrogen and oxygen atoms in total. The maximum absolute atomic E-state index is 12.4. The Kier molecular flexibility index (Phi) is 5.96. The number of carbonyl (C=O) groups is 2. The monoisotopic (exact) mass is 410 g/mol. The average molecular weight is 411 g/mol. The van der Waals surface area contributed by atoms with Crippen molar-refractivity contribution in [3.8, 4) is 5.75 Å². The van der Waals surface area contributed by atoms with Crippen molar-refractivity contribution < 1.29 is 19.1 Å². The van der Waals surface area contributed by atoms with Gasteiger partial charge in [0.1, 0.15) is 12.3 Å². The Morgan fingerprint density at radius 2 is 2.32 bits per heavy atom. The first-order valence-electron chi connectivity index (χ1n) is 8.66. The van der Waals surface area contributed by atoms with E-state index in [1.807, 2.05) is 13.0 Å². The molecule has 136 valence electrons.